The molecule has 5 nitrogen and oxygen atoms in total. The molecule has 0 saturated carbocycles. The van der Waals surface area contributed by atoms with Crippen LogP contribution in [0.25, 0.3) is 0 Å². The SMILES string of the molecule is CN=C(NCc1ccc(CN2CCN(C)CC2)cc1)N1CCC(c2ccccc2)C1. The van der Waals surface area contributed by atoms with Crippen molar-refractivity contribution in [2.24, 2.45) is 4.99 Å². The van der Waals surface area contributed by atoms with E-state index in [1.165, 1.54) is 36.2 Å². The second-order valence-electron chi connectivity index (χ2n) is 8.64. The number of piperazine rings is 1. The van der Waals surface area contributed by atoms with Crippen LogP contribution in [0.1, 0.15) is 29.0 Å². The Morgan fingerprint density at radius 2 is 1.63 bits per heavy atom. The van der Waals surface area contributed by atoms with E-state index in [4.69, 9.17) is 0 Å². The fourth-order valence-corrected chi connectivity index (χ4v) is 4.49. The summed E-state index contributed by atoms with van der Waals surface area (Å²) in [6, 6.07) is 19.9. The molecular weight excluding hydrogens is 370 g/mol. The smallest absolute Gasteiger partial charge is 0.193 e. The zero-order chi connectivity index (χ0) is 20.8. The number of benzene rings is 2. The molecule has 160 valence electrons. The fourth-order valence-electron chi connectivity index (χ4n) is 4.49. The van der Waals surface area contributed by atoms with Crippen LogP contribution in [0.3, 0.4) is 0 Å². The van der Waals surface area contributed by atoms with Gasteiger partial charge in [-0.3, -0.25) is 9.89 Å². The molecule has 2 aromatic carbocycles. The zero-order valence-corrected chi connectivity index (χ0v) is 18.4. The average Bonchev–Trinajstić information content (AvgIpc) is 3.28. The van der Waals surface area contributed by atoms with Gasteiger partial charge < -0.3 is 15.1 Å². The number of nitrogens with one attached hydrogen (secondary N) is 1. The number of likely N-dealkylation sites (tertiary alicyclic amines) is 1. The molecule has 0 aromatic heterocycles. The third-order valence-electron chi connectivity index (χ3n) is 6.45. The first-order chi connectivity index (χ1) is 14.7. The van der Waals surface area contributed by atoms with Crippen molar-refractivity contribution in [3.63, 3.8) is 0 Å². The minimum Gasteiger partial charge on any atom is -0.352 e. The number of aliphatic imine (C=N–C) groups is 1. The minimum atomic E-state index is 0.596. The first-order valence-electron chi connectivity index (χ1n) is 11.2. The van der Waals surface area contributed by atoms with Crippen LogP contribution in [0.4, 0.5) is 0 Å². The van der Waals surface area contributed by atoms with E-state index < -0.39 is 0 Å². The maximum atomic E-state index is 4.54. The van der Waals surface area contributed by atoms with Crippen LogP contribution in [0.2, 0.25) is 0 Å². The van der Waals surface area contributed by atoms with Crippen LogP contribution in [-0.2, 0) is 13.1 Å². The molecule has 1 N–H and O–H groups in total. The van der Waals surface area contributed by atoms with Crippen molar-refractivity contribution in [1.82, 2.24) is 20.0 Å². The summed E-state index contributed by atoms with van der Waals surface area (Å²) in [5.74, 6) is 1.61. The van der Waals surface area contributed by atoms with Gasteiger partial charge in [0.15, 0.2) is 5.96 Å². The summed E-state index contributed by atoms with van der Waals surface area (Å²) >= 11 is 0. The number of hydrogen-bond donors (Lipinski definition) is 1. The molecule has 2 aromatic rings. The topological polar surface area (TPSA) is 34.1 Å². The van der Waals surface area contributed by atoms with Gasteiger partial charge in [-0.05, 0) is 30.2 Å². The maximum Gasteiger partial charge on any atom is 0.193 e. The second kappa shape index (κ2) is 10.1. The number of rotatable bonds is 5. The first kappa shape index (κ1) is 20.9. The molecule has 30 heavy (non-hydrogen) atoms. The Morgan fingerprint density at radius 1 is 0.933 bits per heavy atom. The van der Waals surface area contributed by atoms with E-state index >= 15 is 0 Å². The molecule has 2 aliphatic rings. The van der Waals surface area contributed by atoms with Crippen LogP contribution in [0.5, 0.6) is 0 Å². The number of hydrogen-bond acceptors (Lipinski definition) is 3. The van der Waals surface area contributed by atoms with Gasteiger partial charge in [0.05, 0.1) is 0 Å². The molecule has 1 unspecified atom stereocenters. The highest BCUT2D eigenvalue weighted by Crippen LogP contribution is 2.26. The van der Waals surface area contributed by atoms with E-state index in [1.54, 1.807) is 0 Å². The molecule has 2 aliphatic heterocycles. The molecule has 1 atom stereocenters. The summed E-state index contributed by atoms with van der Waals surface area (Å²) < 4.78 is 0. The second-order valence-corrected chi connectivity index (χ2v) is 8.64. The van der Waals surface area contributed by atoms with Crippen LogP contribution in [-0.4, -0.2) is 74.0 Å². The normalized spacial score (nSPS) is 21.2. The first-order valence-corrected chi connectivity index (χ1v) is 11.2. The fraction of sp³-hybridized carbons (Fsp3) is 0.480. The lowest BCUT2D eigenvalue weighted by atomic mass is 9.99. The summed E-state index contributed by atoms with van der Waals surface area (Å²) in [5, 5.41) is 3.57. The van der Waals surface area contributed by atoms with Gasteiger partial charge in [-0.1, -0.05) is 54.6 Å². The van der Waals surface area contributed by atoms with Crippen molar-refractivity contribution in [1.29, 1.82) is 0 Å². The minimum absolute atomic E-state index is 0.596. The lowest BCUT2D eigenvalue weighted by Crippen LogP contribution is -2.43. The standard InChI is InChI=1S/C25H35N5/c1-26-25(30-13-12-24(20-30)23-6-4-3-5-7-23)27-18-21-8-10-22(11-9-21)19-29-16-14-28(2)15-17-29/h3-11,24H,12-20H2,1-2H3,(H,26,27). The Labute approximate surface area is 181 Å². The predicted octanol–water partition coefficient (Wildman–Crippen LogP) is 3.00. The third-order valence-corrected chi connectivity index (χ3v) is 6.45. The maximum absolute atomic E-state index is 4.54. The van der Waals surface area contributed by atoms with Gasteiger partial charge in [-0.2, -0.15) is 0 Å². The van der Waals surface area contributed by atoms with E-state index in [1.807, 2.05) is 7.05 Å². The van der Waals surface area contributed by atoms with E-state index in [-0.39, 0.29) is 0 Å². The summed E-state index contributed by atoms with van der Waals surface area (Å²) in [6.45, 7) is 8.63. The molecule has 2 heterocycles. The van der Waals surface area contributed by atoms with E-state index in [0.29, 0.717) is 5.92 Å². The average molecular weight is 406 g/mol. The summed E-state index contributed by atoms with van der Waals surface area (Å²) in [5.41, 5.74) is 4.14. The van der Waals surface area contributed by atoms with Gasteiger partial charge in [0.25, 0.3) is 0 Å². The van der Waals surface area contributed by atoms with Crippen LogP contribution in [0.15, 0.2) is 59.6 Å². The van der Waals surface area contributed by atoms with Crippen LogP contribution in [0, 0.1) is 0 Å². The van der Waals surface area contributed by atoms with Crippen molar-refractivity contribution in [3.8, 4) is 0 Å². The Hall–Kier alpha value is -2.37. The molecule has 0 spiro atoms. The summed E-state index contributed by atoms with van der Waals surface area (Å²) in [6.07, 6.45) is 1.19. The quantitative estimate of drug-likeness (QED) is 0.613. The molecule has 2 fully saturated rings. The van der Waals surface area contributed by atoms with Crippen molar-refractivity contribution >= 4 is 5.96 Å². The molecule has 0 bridgehead atoms. The highest BCUT2D eigenvalue weighted by atomic mass is 15.3. The van der Waals surface area contributed by atoms with Gasteiger partial charge in [0, 0.05) is 65.3 Å². The number of guanidine groups is 1. The van der Waals surface area contributed by atoms with Gasteiger partial charge in [-0.25, -0.2) is 0 Å². The summed E-state index contributed by atoms with van der Waals surface area (Å²) in [4.78, 5) is 11.9. The van der Waals surface area contributed by atoms with Crippen molar-refractivity contribution in [2.45, 2.75) is 25.4 Å². The lowest BCUT2D eigenvalue weighted by molar-refractivity contribution is 0.148. The Bertz CT molecular complexity index is 809. The Balaban J connectivity index is 1.26. The van der Waals surface area contributed by atoms with E-state index in [9.17, 15) is 0 Å². The monoisotopic (exact) mass is 405 g/mol. The van der Waals surface area contributed by atoms with Crippen LogP contribution < -0.4 is 5.32 Å². The molecule has 5 heteroatoms. The van der Waals surface area contributed by atoms with Crippen molar-refractivity contribution in [2.75, 3.05) is 53.4 Å². The number of likely N-dealkylation sites (N-methyl/N-ethyl adjacent to an activating group) is 1. The number of nitrogens with zero attached hydrogens (tertiary/aromatic N) is 4. The molecular formula is C25H35N5. The van der Waals surface area contributed by atoms with Gasteiger partial charge in [0.1, 0.15) is 0 Å². The van der Waals surface area contributed by atoms with Crippen LogP contribution >= 0.6 is 0 Å². The highest BCUT2D eigenvalue weighted by molar-refractivity contribution is 5.80. The van der Waals surface area contributed by atoms with Crippen molar-refractivity contribution < 1.29 is 0 Å². The largest absolute Gasteiger partial charge is 0.352 e. The molecule has 0 aliphatic carbocycles. The van der Waals surface area contributed by atoms with Gasteiger partial charge in [-0.15, -0.1) is 0 Å². The Kier molecular flexibility index (Phi) is 7.03. The summed E-state index contributed by atoms with van der Waals surface area (Å²) in [7, 11) is 4.09. The molecule has 0 radical (unpaired) electrons. The van der Waals surface area contributed by atoms with Crippen molar-refractivity contribution in [3.05, 3.63) is 71.3 Å². The highest BCUT2D eigenvalue weighted by Gasteiger charge is 2.25. The Morgan fingerprint density at radius 3 is 2.33 bits per heavy atom. The zero-order valence-electron chi connectivity index (χ0n) is 18.4. The van der Waals surface area contributed by atoms with Gasteiger partial charge >= 0.3 is 0 Å². The third kappa shape index (κ3) is 5.41. The van der Waals surface area contributed by atoms with E-state index in [2.05, 4.69) is 86.7 Å². The predicted molar refractivity (Wildman–Crippen MR) is 125 cm³/mol. The molecule has 0 amide bonds. The van der Waals surface area contributed by atoms with Gasteiger partial charge in [0.2, 0.25) is 0 Å². The molecule has 4 rings (SSSR count). The van der Waals surface area contributed by atoms with E-state index in [0.717, 1.165) is 45.2 Å². The molecule has 2 saturated heterocycles. The lowest BCUT2D eigenvalue weighted by Gasteiger charge is -2.32.